The Hall–Kier alpha value is -2.59. The summed E-state index contributed by atoms with van der Waals surface area (Å²) in [5.74, 6) is -0.865. The molecule has 1 aromatic carbocycles. The van der Waals surface area contributed by atoms with Gasteiger partial charge in [0, 0.05) is 13.2 Å². The number of carbonyl (C=O) groups excluding carboxylic acids is 1. The van der Waals surface area contributed by atoms with Crippen LogP contribution in [0.1, 0.15) is 24.8 Å². The minimum Gasteiger partial charge on any atom is -0.484 e. The van der Waals surface area contributed by atoms with Gasteiger partial charge in [-0.1, -0.05) is 0 Å². The monoisotopic (exact) mass is 318 g/mol. The van der Waals surface area contributed by atoms with Crippen LogP contribution in [-0.2, 0) is 14.3 Å². The van der Waals surface area contributed by atoms with Crippen LogP contribution < -0.4 is 10.1 Å². The van der Waals surface area contributed by atoms with E-state index in [2.05, 4.69) is 5.32 Å². The Bertz CT molecular complexity index is 600. The van der Waals surface area contributed by atoms with Gasteiger partial charge in [-0.2, -0.15) is 5.26 Å². The van der Waals surface area contributed by atoms with Gasteiger partial charge in [0.25, 0.3) is 5.91 Å². The van der Waals surface area contributed by atoms with Crippen molar-refractivity contribution in [1.29, 1.82) is 5.26 Å². The number of carboxylic acid groups (broad SMARTS) is 1. The Morgan fingerprint density at radius 3 is 2.52 bits per heavy atom. The fourth-order valence-corrected chi connectivity index (χ4v) is 2.50. The number of hydrogen-bond donors (Lipinski definition) is 2. The molecule has 122 valence electrons. The molecule has 1 aliphatic heterocycles. The highest BCUT2D eigenvalue weighted by molar-refractivity contribution is 5.79. The summed E-state index contributed by atoms with van der Waals surface area (Å²) >= 11 is 0. The molecule has 7 nitrogen and oxygen atoms in total. The molecule has 0 spiro atoms. The number of ether oxygens (including phenoxy) is 2. The maximum atomic E-state index is 12.1. The molecule has 2 N–H and O–H groups in total. The zero-order valence-electron chi connectivity index (χ0n) is 12.6. The van der Waals surface area contributed by atoms with Crippen molar-refractivity contribution in [2.75, 3.05) is 19.8 Å². The van der Waals surface area contributed by atoms with Gasteiger partial charge in [0.2, 0.25) is 0 Å². The number of hydrogen-bond acceptors (Lipinski definition) is 5. The predicted molar refractivity (Wildman–Crippen MR) is 79.8 cm³/mol. The zero-order chi connectivity index (χ0) is 16.7. The van der Waals surface area contributed by atoms with Crippen molar-refractivity contribution in [3.05, 3.63) is 29.8 Å². The van der Waals surface area contributed by atoms with Crippen molar-refractivity contribution in [3.8, 4) is 11.8 Å². The number of nitrogens with zero attached hydrogens (tertiary/aromatic N) is 1. The molecule has 23 heavy (non-hydrogen) atoms. The number of nitriles is 1. The summed E-state index contributed by atoms with van der Waals surface area (Å²) < 4.78 is 10.6. The van der Waals surface area contributed by atoms with Crippen LogP contribution in [0.5, 0.6) is 5.75 Å². The molecule has 0 atom stereocenters. The summed E-state index contributed by atoms with van der Waals surface area (Å²) in [6.07, 6.45) is 0.781. The van der Waals surface area contributed by atoms with E-state index >= 15 is 0 Å². The van der Waals surface area contributed by atoms with E-state index in [1.165, 1.54) is 0 Å². The predicted octanol–water partition coefficient (Wildman–Crippen LogP) is 1.08. The second-order valence-electron chi connectivity index (χ2n) is 5.44. The van der Waals surface area contributed by atoms with Gasteiger partial charge in [0.15, 0.2) is 6.61 Å². The first kappa shape index (κ1) is 16.8. The molecule has 1 aliphatic rings. The summed E-state index contributed by atoms with van der Waals surface area (Å²) in [6.45, 7) is 0.627. The SMILES string of the molecule is N#Cc1ccc(OCC(=O)NC2(CC(=O)O)CCOCC2)cc1. The number of nitrogens with one attached hydrogen (secondary N) is 1. The van der Waals surface area contributed by atoms with E-state index in [0.717, 1.165) is 0 Å². The minimum atomic E-state index is -0.958. The van der Waals surface area contributed by atoms with Crippen LogP contribution in [0.25, 0.3) is 0 Å². The van der Waals surface area contributed by atoms with Gasteiger partial charge in [-0.3, -0.25) is 9.59 Å². The van der Waals surface area contributed by atoms with Crippen molar-refractivity contribution >= 4 is 11.9 Å². The molecule has 0 aromatic heterocycles. The fraction of sp³-hybridized carbons (Fsp3) is 0.438. The van der Waals surface area contributed by atoms with Crippen LogP contribution in [0.2, 0.25) is 0 Å². The Morgan fingerprint density at radius 2 is 1.96 bits per heavy atom. The lowest BCUT2D eigenvalue weighted by atomic mass is 9.86. The van der Waals surface area contributed by atoms with E-state index in [4.69, 9.17) is 19.8 Å². The van der Waals surface area contributed by atoms with Crippen molar-refractivity contribution in [2.45, 2.75) is 24.8 Å². The number of rotatable bonds is 6. The van der Waals surface area contributed by atoms with Crippen LogP contribution in [0.3, 0.4) is 0 Å². The molecule has 1 aromatic rings. The average Bonchev–Trinajstić information content (AvgIpc) is 2.53. The second-order valence-corrected chi connectivity index (χ2v) is 5.44. The van der Waals surface area contributed by atoms with Gasteiger partial charge in [0.1, 0.15) is 5.75 Å². The molecule has 0 aliphatic carbocycles. The normalized spacial score (nSPS) is 16.1. The van der Waals surface area contributed by atoms with Gasteiger partial charge in [-0.25, -0.2) is 0 Å². The molecule has 7 heteroatoms. The largest absolute Gasteiger partial charge is 0.484 e. The average molecular weight is 318 g/mol. The topological polar surface area (TPSA) is 109 Å². The van der Waals surface area contributed by atoms with Crippen molar-refractivity contribution in [1.82, 2.24) is 5.32 Å². The molecule has 1 heterocycles. The lowest BCUT2D eigenvalue weighted by molar-refractivity contribution is -0.140. The number of amides is 1. The molecule has 0 radical (unpaired) electrons. The zero-order valence-corrected chi connectivity index (χ0v) is 12.6. The van der Waals surface area contributed by atoms with Gasteiger partial charge in [-0.05, 0) is 37.1 Å². The van der Waals surface area contributed by atoms with Crippen LogP contribution >= 0.6 is 0 Å². The smallest absolute Gasteiger partial charge is 0.305 e. The van der Waals surface area contributed by atoms with E-state index in [1.54, 1.807) is 24.3 Å². The molecule has 2 rings (SSSR count). The number of carboxylic acids is 1. The highest BCUT2D eigenvalue weighted by Crippen LogP contribution is 2.24. The van der Waals surface area contributed by atoms with Crippen molar-refractivity contribution < 1.29 is 24.2 Å². The Kier molecular flexibility index (Phi) is 5.55. The van der Waals surface area contributed by atoms with Gasteiger partial charge in [0.05, 0.1) is 23.6 Å². The minimum absolute atomic E-state index is 0.140. The van der Waals surface area contributed by atoms with Gasteiger partial charge in [-0.15, -0.1) is 0 Å². The maximum absolute atomic E-state index is 12.1. The number of aliphatic carboxylic acids is 1. The third kappa shape index (κ3) is 4.97. The van der Waals surface area contributed by atoms with Crippen LogP contribution in [0, 0.1) is 11.3 Å². The maximum Gasteiger partial charge on any atom is 0.305 e. The Labute approximate surface area is 133 Å². The van der Waals surface area contributed by atoms with E-state index in [-0.39, 0.29) is 18.9 Å². The highest BCUT2D eigenvalue weighted by Gasteiger charge is 2.36. The first-order chi connectivity index (χ1) is 11.0. The molecular formula is C16H18N2O5. The third-order valence-electron chi connectivity index (χ3n) is 3.70. The summed E-state index contributed by atoms with van der Waals surface area (Å²) in [5.41, 5.74) is -0.278. The fourth-order valence-electron chi connectivity index (χ4n) is 2.50. The summed E-state index contributed by atoms with van der Waals surface area (Å²) in [7, 11) is 0. The summed E-state index contributed by atoms with van der Waals surface area (Å²) in [6, 6.07) is 8.39. The Balaban J connectivity index is 1.90. The van der Waals surface area contributed by atoms with Gasteiger partial charge >= 0.3 is 5.97 Å². The number of carbonyl (C=O) groups is 2. The standard InChI is InChI=1S/C16H18N2O5/c17-10-12-1-3-13(4-2-12)23-11-14(19)18-16(9-15(20)21)5-7-22-8-6-16/h1-4H,5-9,11H2,(H,18,19)(H,20,21). The van der Waals surface area contributed by atoms with E-state index in [9.17, 15) is 9.59 Å². The molecule has 0 bridgehead atoms. The van der Waals surface area contributed by atoms with Crippen LogP contribution in [0.15, 0.2) is 24.3 Å². The molecule has 1 fully saturated rings. The van der Waals surface area contributed by atoms with Crippen molar-refractivity contribution in [2.24, 2.45) is 0 Å². The van der Waals surface area contributed by atoms with E-state index < -0.39 is 11.5 Å². The quantitative estimate of drug-likeness (QED) is 0.812. The second kappa shape index (κ2) is 7.61. The van der Waals surface area contributed by atoms with Gasteiger partial charge < -0.3 is 19.9 Å². The molecule has 1 amide bonds. The lowest BCUT2D eigenvalue weighted by Crippen LogP contribution is -2.54. The van der Waals surface area contributed by atoms with E-state index in [1.807, 2.05) is 6.07 Å². The number of benzene rings is 1. The molecular weight excluding hydrogens is 300 g/mol. The Morgan fingerprint density at radius 1 is 1.30 bits per heavy atom. The summed E-state index contributed by atoms with van der Waals surface area (Å²) in [4.78, 5) is 23.1. The first-order valence-corrected chi connectivity index (χ1v) is 7.26. The van der Waals surface area contributed by atoms with Crippen LogP contribution in [-0.4, -0.2) is 42.3 Å². The molecule has 0 saturated carbocycles. The molecule has 0 unspecified atom stereocenters. The highest BCUT2D eigenvalue weighted by atomic mass is 16.5. The lowest BCUT2D eigenvalue weighted by Gasteiger charge is -2.36. The summed E-state index contributed by atoms with van der Waals surface area (Å²) in [5, 5.41) is 20.5. The first-order valence-electron chi connectivity index (χ1n) is 7.26. The third-order valence-corrected chi connectivity index (χ3v) is 3.70. The molecule has 1 saturated heterocycles. The van der Waals surface area contributed by atoms with E-state index in [0.29, 0.717) is 37.4 Å². The van der Waals surface area contributed by atoms with Crippen LogP contribution in [0.4, 0.5) is 0 Å². The van der Waals surface area contributed by atoms with Crippen molar-refractivity contribution in [3.63, 3.8) is 0 Å².